The maximum Gasteiger partial charge on any atom is 0.258 e. The number of aromatic nitrogens is 1. The minimum atomic E-state index is -3.92. The third-order valence-corrected chi connectivity index (χ3v) is 8.04. The van der Waals surface area contributed by atoms with Crippen molar-refractivity contribution in [2.75, 3.05) is 0 Å². The monoisotopic (exact) mass is 600 g/mol. The third kappa shape index (κ3) is 5.80. The molecule has 4 aromatic rings. The minimum Gasteiger partial charge on any atom is -0.347 e. The Hall–Kier alpha value is -3.02. The first-order chi connectivity index (χ1) is 16.8. The molecule has 180 valence electrons. The fourth-order valence-electron chi connectivity index (χ4n) is 3.86. The van der Waals surface area contributed by atoms with E-state index >= 15 is 0 Å². The van der Waals surface area contributed by atoms with Gasteiger partial charge >= 0.3 is 0 Å². The Balaban J connectivity index is 1.57. The maximum atomic E-state index is 13.1. The number of carbonyl (C=O) groups is 1. The second-order valence-electron chi connectivity index (χ2n) is 8.13. The van der Waals surface area contributed by atoms with Crippen LogP contribution >= 0.6 is 22.6 Å². The van der Waals surface area contributed by atoms with Crippen LogP contribution in [0.2, 0.25) is 0 Å². The molecule has 4 rings (SSSR count). The molecule has 0 unspecified atom stereocenters. The first-order valence-corrected chi connectivity index (χ1v) is 13.5. The van der Waals surface area contributed by atoms with Gasteiger partial charge in [0.15, 0.2) is 0 Å². The number of halogens is 1. The largest absolute Gasteiger partial charge is 0.347 e. The number of para-hydroxylation sites is 1. The number of aryl methyl sites for hydroxylation is 1. The smallest absolute Gasteiger partial charge is 0.258 e. The Labute approximate surface area is 218 Å². The highest BCUT2D eigenvalue weighted by molar-refractivity contribution is 14.1. The summed E-state index contributed by atoms with van der Waals surface area (Å²) < 4.78 is 31.5. The predicted molar refractivity (Wildman–Crippen MR) is 147 cm³/mol. The van der Waals surface area contributed by atoms with Gasteiger partial charge < -0.3 is 4.57 Å². The Bertz CT molecular complexity index is 1480. The highest BCUT2D eigenvalue weighted by atomic mass is 127. The molecule has 1 heterocycles. The van der Waals surface area contributed by atoms with E-state index in [1.807, 2.05) is 68.6 Å². The summed E-state index contributed by atoms with van der Waals surface area (Å²) in [7, 11) is -1.95. The van der Waals surface area contributed by atoms with Crippen molar-refractivity contribution >= 4 is 55.6 Å². The molecule has 0 spiro atoms. The molecule has 0 radical (unpaired) electrons. The van der Waals surface area contributed by atoms with Crippen LogP contribution in [0.1, 0.15) is 16.8 Å². The molecule has 2 N–H and O–H groups in total. The maximum absolute atomic E-state index is 13.1. The zero-order chi connectivity index (χ0) is 25.0. The number of hydrazone groups is 1. The van der Waals surface area contributed by atoms with Gasteiger partial charge in [-0.2, -0.15) is 9.82 Å². The average molecular weight is 600 g/mol. The van der Waals surface area contributed by atoms with Gasteiger partial charge in [0.05, 0.1) is 11.1 Å². The SMILES string of the molecule is Cc1c(/C=N\NC(=O)[C@@H](Cc2ccccc2)NS(=O)(=O)c2ccc(I)cc2)c2ccccc2n1C. The lowest BCUT2D eigenvalue weighted by Crippen LogP contribution is -2.46. The zero-order valence-corrected chi connectivity index (χ0v) is 22.2. The number of carbonyl (C=O) groups excluding carboxylic acids is 1. The van der Waals surface area contributed by atoms with Gasteiger partial charge in [-0.1, -0.05) is 48.5 Å². The lowest BCUT2D eigenvalue weighted by atomic mass is 10.1. The molecule has 0 fully saturated rings. The fourth-order valence-corrected chi connectivity index (χ4v) is 5.41. The second-order valence-corrected chi connectivity index (χ2v) is 11.1. The standard InChI is InChI=1S/C26H25IN4O3S/c1-18-23(22-10-6-7-11-25(22)31(18)2)17-28-29-26(32)24(16-19-8-4-3-5-9-19)30-35(33,34)21-14-12-20(27)13-15-21/h3-15,17,24,30H,16H2,1-2H3,(H,29,32)/b28-17-/t24-/m1/s1. The lowest BCUT2D eigenvalue weighted by Gasteiger charge is -2.17. The van der Waals surface area contributed by atoms with E-state index in [0.717, 1.165) is 31.3 Å². The quantitative estimate of drug-likeness (QED) is 0.181. The van der Waals surface area contributed by atoms with Gasteiger partial charge in [0.1, 0.15) is 6.04 Å². The number of amides is 1. The molecular formula is C26H25IN4O3S. The van der Waals surface area contributed by atoms with Crippen LogP contribution in [-0.2, 0) is 28.3 Å². The van der Waals surface area contributed by atoms with Gasteiger partial charge in [0.25, 0.3) is 5.91 Å². The number of sulfonamides is 1. The summed E-state index contributed by atoms with van der Waals surface area (Å²) in [5.74, 6) is -0.544. The van der Waals surface area contributed by atoms with Crippen LogP contribution in [0.4, 0.5) is 0 Å². The van der Waals surface area contributed by atoms with Crippen LogP contribution in [-0.4, -0.2) is 31.1 Å². The fraction of sp³-hybridized carbons (Fsp3) is 0.154. The van der Waals surface area contributed by atoms with Gasteiger partial charge in [-0.3, -0.25) is 4.79 Å². The number of nitrogens with one attached hydrogen (secondary N) is 2. The molecule has 0 aliphatic heterocycles. The van der Waals surface area contributed by atoms with Gasteiger partial charge in [-0.05, 0) is 71.8 Å². The van der Waals surface area contributed by atoms with Crippen molar-refractivity contribution < 1.29 is 13.2 Å². The summed E-state index contributed by atoms with van der Waals surface area (Å²) >= 11 is 2.11. The molecule has 3 aromatic carbocycles. The Morgan fingerprint density at radius 2 is 1.69 bits per heavy atom. The highest BCUT2D eigenvalue weighted by Gasteiger charge is 2.26. The number of benzene rings is 3. The summed E-state index contributed by atoms with van der Waals surface area (Å²) in [6.07, 6.45) is 1.78. The molecule has 0 aliphatic carbocycles. The molecule has 1 aromatic heterocycles. The van der Waals surface area contributed by atoms with Crippen molar-refractivity contribution in [2.45, 2.75) is 24.3 Å². The number of hydrogen-bond acceptors (Lipinski definition) is 4. The normalized spacial score (nSPS) is 12.8. The Morgan fingerprint density at radius 1 is 1.03 bits per heavy atom. The minimum absolute atomic E-state index is 0.0960. The van der Waals surface area contributed by atoms with Crippen molar-refractivity contribution in [3.63, 3.8) is 0 Å². The van der Waals surface area contributed by atoms with E-state index < -0.39 is 22.0 Å². The molecule has 9 heteroatoms. The Morgan fingerprint density at radius 3 is 2.40 bits per heavy atom. The molecule has 7 nitrogen and oxygen atoms in total. The lowest BCUT2D eigenvalue weighted by molar-refractivity contribution is -0.122. The molecule has 35 heavy (non-hydrogen) atoms. The van der Waals surface area contributed by atoms with E-state index in [0.29, 0.717) is 0 Å². The Kier molecular flexibility index (Phi) is 7.68. The van der Waals surface area contributed by atoms with Crippen LogP contribution in [0.3, 0.4) is 0 Å². The van der Waals surface area contributed by atoms with Crippen LogP contribution in [0.15, 0.2) is 88.9 Å². The first kappa shape index (κ1) is 25.1. The van der Waals surface area contributed by atoms with E-state index in [1.54, 1.807) is 18.3 Å². The van der Waals surface area contributed by atoms with Gasteiger partial charge in [-0.25, -0.2) is 13.8 Å². The number of fused-ring (bicyclic) bond motifs is 1. The molecule has 1 amide bonds. The number of nitrogens with zero attached hydrogens (tertiary/aromatic N) is 2. The molecule has 0 aliphatic rings. The summed E-state index contributed by atoms with van der Waals surface area (Å²) in [5.41, 5.74) is 6.31. The zero-order valence-electron chi connectivity index (χ0n) is 19.3. The van der Waals surface area contributed by atoms with Gasteiger partial charge in [0.2, 0.25) is 10.0 Å². The summed E-state index contributed by atoms with van der Waals surface area (Å²) in [6, 6.07) is 22.6. The molecule has 0 saturated carbocycles. The van der Waals surface area contributed by atoms with Gasteiger partial charge in [0, 0.05) is 32.8 Å². The summed E-state index contributed by atoms with van der Waals surface area (Å²) in [5, 5.41) is 5.19. The third-order valence-electron chi connectivity index (χ3n) is 5.84. The molecule has 0 bridgehead atoms. The molecule has 1 atom stereocenters. The van der Waals surface area contributed by atoms with Crippen molar-refractivity contribution in [3.05, 3.63) is 99.3 Å². The van der Waals surface area contributed by atoms with Gasteiger partial charge in [-0.15, -0.1) is 0 Å². The number of rotatable bonds is 8. The molecular weight excluding hydrogens is 575 g/mol. The van der Waals surface area contributed by atoms with Crippen molar-refractivity contribution in [3.8, 4) is 0 Å². The van der Waals surface area contributed by atoms with E-state index in [9.17, 15) is 13.2 Å². The van der Waals surface area contributed by atoms with Crippen LogP contribution in [0, 0.1) is 10.5 Å². The predicted octanol–water partition coefficient (Wildman–Crippen LogP) is 4.13. The topological polar surface area (TPSA) is 92.6 Å². The van der Waals surface area contributed by atoms with E-state index in [1.165, 1.54) is 12.1 Å². The van der Waals surface area contributed by atoms with Crippen molar-refractivity contribution in [1.82, 2.24) is 14.7 Å². The highest BCUT2D eigenvalue weighted by Crippen LogP contribution is 2.23. The summed E-state index contributed by atoms with van der Waals surface area (Å²) in [6.45, 7) is 1.98. The van der Waals surface area contributed by atoms with Crippen LogP contribution in [0.25, 0.3) is 10.9 Å². The second kappa shape index (κ2) is 10.7. The van der Waals surface area contributed by atoms with Crippen molar-refractivity contribution in [2.24, 2.45) is 12.1 Å². The van der Waals surface area contributed by atoms with E-state index in [-0.39, 0.29) is 11.3 Å². The number of hydrogen-bond donors (Lipinski definition) is 2. The first-order valence-electron chi connectivity index (χ1n) is 10.9. The summed E-state index contributed by atoms with van der Waals surface area (Å²) in [4.78, 5) is 13.2. The average Bonchev–Trinajstić information content (AvgIpc) is 3.09. The molecule has 0 saturated heterocycles. The van der Waals surface area contributed by atoms with E-state index in [2.05, 4.69) is 42.4 Å². The van der Waals surface area contributed by atoms with Crippen molar-refractivity contribution in [1.29, 1.82) is 0 Å². The van der Waals surface area contributed by atoms with Crippen LogP contribution in [0.5, 0.6) is 0 Å². The van der Waals surface area contributed by atoms with Crippen LogP contribution < -0.4 is 10.1 Å². The van der Waals surface area contributed by atoms with E-state index in [4.69, 9.17) is 0 Å².